The van der Waals surface area contributed by atoms with Gasteiger partial charge < -0.3 is 10.0 Å². The van der Waals surface area contributed by atoms with Crippen LogP contribution in [0.1, 0.15) is 25.7 Å². The van der Waals surface area contributed by atoms with E-state index in [9.17, 15) is 5.11 Å². The minimum absolute atomic E-state index is 0.0267. The molecule has 3 atom stereocenters. The van der Waals surface area contributed by atoms with Crippen LogP contribution in [0.5, 0.6) is 0 Å². The first-order valence-corrected chi connectivity index (χ1v) is 6.40. The van der Waals surface area contributed by atoms with Gasteiger partial charge >= 0.3 is 0 Å². The first-order valence-electron chi connectivity index (χ1n) is 6.40. The van der Waals surface area contributed by atoms with Gasteiger partial charge in [0.05, 0.1) is 6.10 Å². The van der Waals surface area contributed by atoms with Crippen LogP contribution in [0.4, 0.5) is 0 Å². The number of likely N-dealkylation sites (tertiary alicyclic amines) is 1. The molecule has 2 heteroatoms. The third-order valence-corrected chi connectivity index (χ3v) is 4.47. The van der Waals surface area contributed by atoms with Crippen LogP contribution in [0, 0.1) is 17.8 Å². The van der Waals surface area contributed by atoms with Gasteiger partial charge in [-0.15, -0.1) is 0 Å². The molecule has 15 heavy (non-hydrogen) atoms. The quantitative estimate of drug-likeness (QED) is 0.696. The van der Waals surface area contributed by atoms with Crippen molar-refractivity contribution in [3.63, 3.8) is 0 Å². The maximum atomic E-state index is 9.46. The maximum absolute atomic E-state index is 9.46. The molecule has 3 aliphatic rings. The molecule has 2 fully saturated rings. The number of aliphatic hydroxyl groups excluding tert-OH is 1. The van der Waals surface area contributed by atoms with Crippen molar-refractivity contribution in [1.29, 1.82) is 0 Å². The van der Waals surface area contributed by atoms with Crippen LogP contribution in [0.15, 0.2) is 12.2 Å². The Labute approximate surface area is 92.0 Å². The highest BCUT2D eigenvalue weighted by Crippen LogP contribution is 2.43. The molecular formula is C13H21NO. The smallest absolute Gasteiger partial charge is 0.0564 e. The van der Waals surface area contributed by atoms with E-state index in [1.165, 1.54) is 19.4 Å². The fourth-order valence-electron chi connectivity index (χ4n) is 3.54. The van der Waals surface area contributed by atoms with E-state index in [2.05, 4.69) is 17.1 Å². The van der Waals surface area contributed by atoms with Crippen LogP contribution < -0.4 is 0 Å². The summed E-state index contributed by atoms with van der Waals surface area (Å²) in [5, 5.41) is 9.46. The molecule has 0 radical (unpaired) electrons. The zero-order valence-corrected chi connectivity index (χ0v) is 9.31. The Morgan fingerprint density at radius 3 is 2.53 bits per heavy atom. The third-order valence-electron chi connectivity index (χ3n) is 4.47. The van der Waals surface area contributed by atoms with Crippen LogP contribution >= 0.6 is 0 Å². The predicted molar refractivity (Wildman–Crippen MR) is 60.5 cm³/mol. The molecule has 2 bridgehead atoms. The van der Waals surface area contributed by atoms with Gasteiger partial charge in [0.2, 0.25) is 0 Å². The summed E-state index contributed by atoms with van der Waals surface area (Å²) in [5.41, 5.74) is 0. The molecular weight excluding hydrogens is 186 g/mol. The van der Waals surface area contributed by atoms with Gasteiger partial charge in [-0.25, -0.2) is 0 Å². The summed E-state index contributed by atoms with van der Waals surface area (Å²) < 4.78 is 0. The van der Waals surface area contributed by atoms with Crippen LogP contribution in [0.2, 0.25) is 0 Å². The topological polar surface area (TPSA) is 23.5 Å². The Morgan fingerprint density at radius 2 is 1.93 bits per heavy atom. The molecule has 84 valence electrons. The summed E-state index contributed by atoms with van der Waals surface area (Å²) in [6.45, 7) is 3.50. The second kappa shape index (κ2) is 3.91. The van der Waals surface area contributed by atoms with Crippen LogP contribution in [0.3, 0.4) is 0 Å². The number of aliphatic hydroxyl groups is 1. The molecule has 2 nitrogen and oxygen atoms in total. The third kappa shape index (κ3) is 1.98. The molecule has 0 aromatic rings. The summed E-state index contributed by atoms with van der Waals surface area (Å²) in [6.07, 6.45) is 9.63. The second-order valence-electron chi connectivity index (χ2n) is 5.57. The number of piperidine rings is 1. The van der Waals surface area contributed by atoms with Gasteiger partial charge in [-0.3, -0.25) is 0 Å². The van der Waals surface area contributed by atoms with E-state index in [0.717, 1.165) is 43.7 Å². The van der Waals surface area contributed by atoms with E-state index in [0.29, 0.717) is 0 Å². The summed E-state index contributed by atoms with van der Waals surface area (Å²) in [6, 6.07) is 0. The molecule has 0 aromatic carbocycles. The molecule has 3 unspecified atom stereocenters. The Bertz CT molecular complexity index is 255. The number of allylic oxidation sites excluding steroid dienone is 2. The van der Waals surface area contributed by atoms with Gasteiger partial charge in [0.15, 0.2) is 0 Å². The zero-order chi connectivity index (χ0) is 10.3. The standard InChI is InChI=1S/C13H21NO/c15-13-3-5-14(6-4-13)9-12-8-10-1-2-11(12)7-10/h1-2,10-13,15H,3-9H2. The molecule has 0 amide bonds. The van der Waals surface area contributed by atoms with Crippen molar-refractivity contribution in [2.24, 2.45) is 17.8 Å². The molecule has 0 aromatic heterocycles. The van der Waals surface area contributed by atoms with Gasteiger partial charge in [-0.1, -0.05) is 12.2 Å². The van der Waals surface area contributed by atoms with E-state index < -0.39 is 0 Å². The average Bonchev–Trinajstić information content (AvgIpc) is 2.83. The molecule has 1 N–H and O–H groups in total. The fourth-order valence-corrected chi connectivity index (χ4v) is 3.54. The lowest BCUT2D eigenvalue weighted by atomic mass is 9.92. The SMILES string of the molecule is OC1CCN(CC2CC3C=CC2C3)CC1. The lowest BCUT2D eigenvalue weighted by molar-refractivity contribution is 0.0724. The Morgan fingerprint density at radius 1 is 1.13 bits per heavy atom. The van der Waals surface area contributed by atoms with E-state index >= 15 is 0 Å². The fraction of sp³-hybridized carbons (Fsp3) is 0.846. The lowest BCUT2D eigenvalue weighted by Crippen LogP contribution is -2.39. The molecule has 3 rings (SSSR count). The molecule has 1 heterocycles. The van der Waals surface area contributed by atoms with Gasteiger partial charge in [-0.05, 0) is 43.4 Å². The molecule has 1 aliphatic heterocycles. The van der Waals surface area contributed by atoms with E-state index in [-0.39, 0.29) is 6.10 Å². The van der Waals surface area contributed by atoms with Crippen molar-refractivity contribution in [1.82, 2.24) is 4.90 Å². The van der Waals surface area contributed by atoms with Crippen molar-refractivity contribution in [2.75, 3.05) is 19.6 Å². The van der Waals surface area contributed by atoms with Crippen molar-refractivity contribution in [3.05, 3.63) is 12.2 Å². The predicted octanol–water partition coefficient (Wildman–Crippen LogP) is 1.66. The number of hydrogen-bond acceptors (Lipinski definition) is 2. The highest BCUT2D eigenvalue weighted by atomic mass is 16.3. The Hall–Kier alpha value is -0.340. The first-order chi connectivity index (χ1) is 7.31. The van der Waals surface area contributed by atoms with E-state index in [1.807, 2.05) is 0 Å². The normalized spacial score (nSPS) is 41.5. The van der Waals surface area contributed by atoms with E-state index in [4.69, 9.17) is 0 Å². The average molecular weight is 207 g/mol. The Kier molecular flexibility index (Phi) is 2.57. The highest BCUT2D eigenvalue weighted by Gasteiger charge is 2.36. The minimum Gasteiger partial charge on any atom is -0.393 e. The zero-order valence-electron chi connectivity index (χ0n) is 9.31. The number of rotatable bonds is 2. The second-order valence-corrected chi connectivity index (χ2v) is 5.57. The molecule has 1 saturated heterocycles. The summed E-state index contributed by atoms with van der Waals surface area (Å²) >= 11 is 0. The van der Waals surface area contributed by atoms with Crippen molar-refractivity contribution in [3.8, 4) is 0 Å². The minimum atomic E-state index is -0.0267. The summed E-state index contributed by atoms with van der Waals surface area (Å²) in [4.78, 5) is 2.56. The maximum Gasteiger partial charge on any atom is 0.0564 e. The number of nitrogens with zero attached hydrogens (tertiary/aromatic N) is 1. The van der Waals surface area contributed by atoms with Crippen molar-refractivity contribution < 1.29 is 5.11 Å². The first kappa shape index (κ1) is 9.86. The lowest BCUT2D eigenvalue weighted by Gasteiger charge is -2.33. The van der Waals surface area contributed by atoms with Gasteiger partial charge in [0.25, 0.3) is 0 Å². The van der Waals surface area contributed by atoms with Crippen LogP contribution in [-0.2, 0) is 0 Å². The van der Waals surface area contributed by atoms with Crippen molar-refractivity contribution in [2.45, 2.75) is 31.8 Å². The van der Waals surface area contributed by atoms with Gasteiger partial charge in [0.1, 0.15) is 0 Å². The van der Waals surface area contributed by atoms with Crippen LogP contribution in [-0.4, -0.2) is 35.7 Å². The highest BCUT2D eigenvalue weighted by molar-refractivity contribution is 5.10. The van der Waals surface area contributed by atoms with Crippen molar-refractivity contribution >= 4 is 0 Å². The van der Waals surface area contributed by atoms with Gasteiger partial charge in [-0.2, -0.15) is 0 Å². The van der Waals surface area contributed by atoms with E-state index in [1.54, 1.807) is 0 Å². The Balaban J connectivity index is 1.51. The largest absolute Gasteiger partial charge is 0.393 e. The van der Waals surface area contributed by atoms with Gasteiger partial charge in [0, 0.05) is 19.6 Å². The molecule has 1 saturated carbocycles. The summed E-state index contributed by atoms with van der Waals surface area (Å²) in [5.74, 6) is 2.69. The number of fused-ring (bicyclic) bond motifs is 2. The monoisotopic (exact) mass is 207 g/mol. The van der Waals surface area contributed by atoms with Crippen LogP contribution in [0.25, 0.3) is 0 Å². The molecule has 2 aliphatic carbocycles. The molecule has 0 spiro atoms. The number of hydrogen-bond donors (Lipinski definition) is 1. The summed E-state index contributed by atoms with van der Waals surface area (Å²) in [7, 11) is 0.